The van der Waals surface area contributed by atoms with Crippen molar-refractivity contribution >= 4 is 29.2 Å². The lowest BCUT2D eigenvalue weighted by Crippen LogP contribution is -2.51. The number of carbonyl (C=O) groups is 3. The molecular formula is C29H29N5O5. The van der Waals surface area contributed by atoms with E-state index in [0.29, 0.717) is 17.1 Å². The molecule has 0 bridgehead atoms. The van der Waals surface area contributed by atoms with Gasteiger partial charge in [-0.05, 0) is 79.4 Å². The number of aliphatic hydroxyl groups excluding tert-OH is 1. The molecule has 39 heavy (non-hydrogen) atoms. The second-order valence-electron chi connectivity index (χ2n) is 7.94. The molecule has 0 radical (unpaired) electrons. The molecule has 3 rings (SSSR count). The summed E-state index contributed by atoms with van der Waals surface area (Å²) >= 11 is 0. The molecule has 3 amide bonds. The summed E-state index contributed by atoms with van der Waals surface area (Å²) < 4.78 is 0. The van der Waals surface area contributed by atoms with E-state index >= 15 is 0 Å². The summed E-state index contributed by atoms with van der Waals surface area (Å²) in [5, 5.41) is 26.4. The van der Waals surface area contributed by atoms with Crippen molar-refractivity contribution < 1.29 is 24.7 Å². The second kappa shape index (κ2) is 15.2. The van der Waals surface area contributed by atoms with Crippen LogP contribution >= 0.6 is 0 Å². The SMILES string of the molecule is C.C[C@@H](O)[C@H](NC(=O)c1ccc(C#CC#Cc2ccc(NC(=O)CNc3ccccn3)cc2)cc1)C(=O)NO. The molecule has 0 saturated carbocycles. The van der Waals surface area contributed by atoms with E-state index in [2.05, 4.69) is 44.6 Å². The summed E-state index contributed by atoms with van der Waals surface area (Å²) in [6, 6.07) is 17.4. The van der Waals surface area contributed by atoms with Crippen LogP contribution in [0.25, 0.3) is 0 Å². The van der Waals surface area contributed by atoms with Gasteiger partial charge in [-0.2, -0.15) is 0 Å². The maximum Gasteiger partial charge on any atom is 0.268 e. The molecule has 2 atom stereocenters. The Labute approximate surface area is 226 Å². The molecule has 6 N–H and O–H groups in total. The van der Waals surface area contributed by atoms with Gasteiger partial charge in [0.1, 0.15) is 11.9 Å². The maximum atomic E-state index is 12.3. The Bertz CT molecular complexity index is 1380. The highest BCUT2D eigenvalue weighted by Crippen LogP contribution is 2.09. The van der Waals surface area contributed by atoms with Gasteiger partial charge in [-0.15, -0.1) is 0 Å². The van der Waals surface area contributed by atoms with Gasteiger partial charge in [-0.1, -0.05) is 25.3 Å². The molecule has 0 fully saturated rings. The normalized spacial score (nSPS) is 11.1. The summed E-state index contributed by atoms with van der Waals surface area (Å²) in [7, 11) is 0. The molecule has 0 saturated heterocycles. The van der Waals surface area contributed by atoms with Crippen molar-refractivity contribution in [1.29, 1.82) is 0 Å². The Balaban J connectivity index is 0.00000533. The molecule has 0 aliphatic carbocycles. The lowest BCUT2D eigenvalue weighted by molar-refractivity contribution is -0.133. The Kier molecular flexibility index (Phi) is 11.7. The molecule has 2 aromatic carbocycles. The molecular weight excluding hydrogens is 498 g/mol. The van der Waals surface area contributed by atoms with Crippen molar-refractivity contribution in [2.45, 2.75) is 26.5 Å². The van der Waals surface area contributed by atoms with Gasteiger partial charge in [0.2, 0.25) is 5.91 Å². The number of pyridine rings is 1. The summed E-state index contributed by atoms with van der Waals surface area (Å²) in [5.41, 5.74) is 3.63. The first kappa shape index (κ1) is 30.1. The highest BCUT2D eigenvalue weighted by Gasteiger charge is 2.25. The molecule has 0 aliphatic rings. The van der Waals surface area contributed by atoms with Crippen LogP contribution in [0.2, 0.25) is 0 Å². The molecule has 10 heteroatoms. The van der Waals surface area contributed by atoms with Crippen LogP contribution in [0.5, 0.6) is 0 Å². The molecule has 0 spiro atoms. The first-order valence-electron chi connectivity index (χ1n) is 11.5. The lowest BCUT2D eigenvalue weighted by atomic mass is 10.1. The van der Waals surface area contributed by atoms with Crippen LogP contribution in [0.15, 0.2) is 72.9 Å². The van der Waals surface area contributed by atoms with E-state index in [1.54, 1.807) is 54.7 Å². The average molecular weight is 528 g/mol. The quantitative estimate of drug-likeness (QED) is 0.149. The lowest BCUT2D eigenvalue weighted by Gasteiger charge is -2.19. The number of aromatic nitrogens is 1. The van der Waals surface area contributed by atoms with E-state index in [1.807, 2.05) is 6.07 Å². The Morgan fingerprint density at radius 1 is 0.923 bits per heavy atom. The van der Waals surface area contributed by atoms with Gasteiger partial charge in [0.15, 0.2) is 0 Å². The summed E-state index contributed by atoms with van der Waals surface area (Å²) in [6.45, 7) is 1.40. The number of carbonyl (C=O) groups excluding carboxylic acids is 3. The third kappa shape index (κ3) is 9.67. The molecule has 200 valence electrons. The van der Waals surface area contributed by atoms with Gasteiger partial charge in [-0.3, -0.25) is 19.6 Å². The zero-order valence-corrected chi connectivity index (χ0v) is 20.4. The molecule has 0 unspecified atom stereocenters. The summed E-state index contributed by atoms with van der Waals surface area (Å²) in [4.78, 5) is 40.1. The number of anilines is 2. The fourth-order valence-electron chi connectivity index (χ4n) is 3.09. The van der Waals surface area contributed by atoms with Gasteiger partial charge in [-0.25, -0.2) is 10.5 Å². The van der Waals surface area contributed by atoms with Crippen molar-refractivity contribution in [2.24, 2.45) is 0 Å². The number of nitrogens with zero attached hydrogens (tertiary/aromatic N) is 1. The van der Waals surface area contributed by atoms with Crippen LogP contribution in [0.1, 0.15) is 35.8 Å². The molecule has 1 heterocycles. The average Bonchev–Trinajstić information content (AvgIpc) is 2.94. The van der Waals surface area contributed by atoms with Crippen molar-refractivity contribution in [1.82, 2.24) is 15.8 Å². The van der Waals surface area contributed by atoms with Crippen LogP contribution in [0, 0.1) is 23.7 Å². The standard InChI is InChI=1S/C28H25N5O5.CH4/c1-19(34)26(28(37)33-38)32-27(36)22-13-9-20(10-14-22)6-2-3-7-21-11-15-23(16-12-21)31-25(35)18-30-24-8-4-5-17-29-24;/h4-5,8-17,19,26,34,38H,18H2,1H3,(H,29,30)(H,31,35)(H,32,36)(H,33,37);1H4/t19-,26+;/m1./s1. The third-order valence-electron chi connectivity index (χ3n) is 5.05. The zero-order valence-electron chi connectivity index (χ0n) is 20.4. The second-order valence-corrected chi connectivity index (χ2v) is 7.94. The number of benzene rings is 2. The molecule has 10 nitrogen and oxygen atoms in total. The number of hydrogen-bond acceptors (Lipinski definition) is 7. The Morgan fingerprint density at radius 3 is 2.08 bits per heavy atom. The molecule has 1 aromatic heterocycles. The van der Waals surface area contributed by atoms with Gasteiger partial charge in [0.25, 0.3) is 11.8 Å². The van der Waals surface area contributed by atoms with Crippen LogP contribution in [-0.2, 0) is 9.59 Å². The molecule has 3 aromatic rings. The fraction of sp³-hybridized carbons (Fsp3) is 0.172. The van der Waals surface area contributed by atoms with E-state index < -0.39 is 24.0 Å². The number of rotatable bonds is 8. The monoisotopic (exact) mass is 527 g/mol. The number of nitrogens with one attached hydrogen (secondary N) is 4. The number of hydroxylamine groups is 1. The first-order valence-corrected chi connectivity index (χ1v) is 11.5. The maximum absolute atomic E-state index is 12.3. The van der Waals surface area contributed by atoms with Crippen molar-refractivity contribution in [2.75, 3.05) is 17.2 Å². The highest BCUT2D eigenvalue weighted by atomic mass is 16.5. The summed E-state index contributed by atoms with van der Waals surface area (Å²) in [5.74, 6) is 10.2. The summed E-state index contributed by atoms with van der Waals surface area (Å²) in [6.07, 6.45) is 0.437. The first-order chi connectivity index (χ1) is 18.4. The van der Waals surface area contributed by atoms with E-state index in [1.165, 1.54) is 24.5 Å². The third-order valence-corrected chi connectivity index (χ3v) is 5.05. The predicted octanol–water partition coefficient (Wildman–Crippen LogP) is 2.16. The number of aliphatic hydroxyl groups is 1. The van der Waals surface area contributed by atoms with Gasteiger partial charge < -0.3 is 21.1 Å². The molecule has 0 aliphatic heterocycles. The van der Waals surface area contributed by atoms with Crippen molar-refractivity contribution in [3.63, 3.8) is 0 Å². The van der Waals surface area contributed by atoms with E-state index in [9.17, 15) is 19.5 Å². The van der Waals surface area contributed by atoms with Crippen LogP contribution in [0.3, 0.4) is 0 Å². The van der Waals surface area contributed by atoms with Gasteiger partial charge in [0, 0.05) is 28.6 Å². The minimum atomic E-state index is -1.30. The van der Waals surface area contributed by atoms with Crippen LogP contribution in [0.4, 0.5) is 11.5 Å². The minimum absolute atomic E-state index is 0. The van der Waals surface area contributed by atoms with Gasteiger partial charge >= 0.3 is 0 Å². The van der Waals surface area contributed by atoms with E-state index in [0.717, 1.165) is 5.56 Å². The van der Waals surface area contributed by atoms with Crippen LogP contribution < -0.4 is 21.4 Å². The highest BCUT2D eigenvalue weighted by molar-refractivity contribution is 5.97. The van der Waals surface area contributed by atoms with E-state index in [-0.39, 0.29) is 25.4 Å². The topological polar surface area (TPSA) is 153 Å². The smallest absolute Gasteiger partial charge is 0.268 e. The fourth-order valence-corrected chi connectivity index (χ4v) is 3.09. The Morgan fingerprint density at radius 2 is 1.54 bits per heavy atom. The van der Waals surface area contributed by atoms with Crippen molar-refractivity contribution in [3.05, 3.63) is 89.6 Å². The van der Waals surface area contributed by atoms with Crippen molar-refractivity contribution in [3.8, 4) is 23.7 Å². The predicted molar refractivity (Wildman–Crippen MR) is 148 cm³/mol. The van der Waals surface area contributed by atoms with Gasteiger partial charge in [0.05, 0.1) is 12.6 Å². The number of hydrogen-bond donors (Lipinski definition) is 6. The van der Waals surface area contributed by atoms with Crippen LogP contribution in [-0.4, -0.2) is 51.7 Å². The Hall–Kier alpha value is -5.16. The van der Waals surface area contributed by atoms with E-state index in [4.69, 9.17) is 5.21 Å². The number of amides is 3. The largest absolute Gasteiger partial charge is 0.391 e. The zero-order chi connectivity index (χ0) is 27.3. The minimum Gasteiger partial charge on any atom is -0.391 e.